The van der Waals surface area contributed by atoms with E-state index in [1.807, 2.05) is 0 Å². The van der Waals surface area contributed by atoms with E-state index in [-0.39, 0.29) is 0 Å². The van der Waals surface area contributed by atoms with Crippen LogP contribution in [-0.4, -0.2) is 36.2 Å². The van der Waals surface area contributed by atoms with Gasteiger partial charge in [-0.25, -0.2) is 0 Å². The molecule has 0 aromatic rings. The minimum absolute atomic E-state index is 1.09. The van der Waals surface area contributed by atoms with Crippen molar-refractivity contribution in [2.24, 2.45) is 10.4 Å². The van der Waals surface area contributed by atoms with E-state index in [1.165, 1.54) is 38.5 Å². The van der Waals surface area contributed by atoms with Gasteiger partial charge >= 0.3 is 0 Å². The van der Waals surface area contributed by atoms with Crippen molar-refractivity contribution < 1.29 is 0 Å². The number of nitrogens with zero attached hydrogens (tertiary/aromatic N) is 4. The molecule has 0 spiro atoms. The molecule has 0 unspecified atom stereocenters. The van der Waals surface area contributed by atoms with Crippen LogP contribution in [0.5, 0.6) is 0 Å². The van der Waals surface area contributed by atoms with Crippen molar-refractivity contribution in [3.63, 3.8) is 0 Å². The highest BCUT2D eigenvalue weighted by atomic mass is 15.7. The first-order chi connectivity index (χ1) is 6.95. The minimum atomic E-state index is 1.09. The second-order valence-corrected chi connectivity index (χ2v) is 4.21. The monoisotopic (exact) mass is 196 g/mol. The number of hydrogen-bond donors (Lipinski definition) is 0. The Morgan fingerprint density at radius 1 is 0.500 bits per heavy atom. The third kappa shape index (κ3) is 2.86. The van der Waals surface area contributed by atoms with Gasteiger partial charge in [-0.1, -0.05) is 10.4 Å². The number of hydrogen-bond acceptors (Lipinski definition) is 4. The van der Waals surface area contributed by atoms with Gasteiger partial charge < -0.3 is 0 Å². The van der Waals surface area contributed by atoms with E-state index in [0.717, 1.165) is 26.2 Å². The molecule has 2 aliphatic heterocycles. The molecule has 2 heterocycles. The largest absolute Gasteiger partial charge is 0.277 e. The van der Waals surface area contributed by atoms with Crippen molar-refractivity contribution in [1.82, 2.24) is 10.0 Å². The predicted octanol–water partition coefficient (Wildman–Crippen LogP) is 2.24. The lowest BCUT2D eigenvalue weighted by Gasteiger charge is -2.15. The average molecular weight is 196 g/mol. The molecule has 0 N–H and O–H groups in total. The molecule has 2 rings (SSSR count). The van der Waals surface area contributed by atoms with E-state index in [4.69, 9.17) is 0 Å². The molecule has 80 valence electrons. The normalized spacial score (nSPS) is 24.6. The van der Waals surface area contributed by atoms with Gasteiger partial charge in [0, 0.05) is 26.2 Å². The standard InChI is InChI=1S/C10H20N4/c1-3-7-13-9-5-2-6-10-14(8-4-1)12-11-13/h1-10H2. The van der Waals surface area contributed by atoms with Gasteiger partial charge in [-0.15, -0.1) is 0 Å². The van der Waals surface area contributed by atoms with Gasteiger partial charge in [0.1, 0.15) is 0 Å². The molecule has 4 heteroatoms. The van der Waals surface area contributed by atoms with E-state index < -0.39 is 0 Å². The lowest BCUT2D eigenvalue weighted by molar-refractivity contribution is 0.220. The highest BCUT2D eigenvalue weighted by molar-refractivity contribution is 4.61. The molecule has 0 saturated heterocycles. The maximum Gasteiger partial charge on any atom is 0.0377 e. The summed E-state index contributed by atoms with van der Waals surface area (Å²) in [4.78, 5) is 0. The quantitative estimate of drug-likeness (QED) is 0.595. The zero-order valence-electron chi connectivity index (χ0n) is 8.86. The zero-order valence-corrected chi connectivity index (χ0v) is 8.86. The Kier molecular flexibility index (Phi) is 3.60. The summed E-state index contributed by atoms with van der Waals surface area (Å²) >= 11 is 0. The van der Waals surface area contributed by atoms with Gasteiger partial charge in [0.05, 0.1) is 0 Å². The molecule has 0 saturated carbocycles. The lowest BCUT2D eigenvalue weighted by atomic mass is 10.2. The van der Waals surface area contributed by atoms with Gasteiger partial charge in [-0.2, -0.15) is 0 Å². The molecule has 0 atom stereocenters. The lowest BCUT2D eigenvalue weighted by Crippen LogP contribution is -2.19. The minimum Gasteiger partial charge on any atom is -0.277 e. The molecule has 2 aliphatic rings. The molecule has 4 nitrogen and oxygen atoms in total. The first kappa shape index (κ1) is 9.74. The molecule has 0 aromatic heterocycles. The predicted molar refractivity (Wildman–Crippen MR) is 55.7 cm³/mol. The number of fused-ring (bicyclic) bond motifs is 2. The van der Waals surface area contributed by atoms with Gasteiger partial charge in [0.15, 0.2) is 0 Å². The topological polar surface area (TPSA) is 31.2 Å². The highest BCUT2D eigenvalue weighted by Gasteiger charge is 2.10. The Labute approximate surface area is 85.9 Å². The van der Waals surface area contributed by atoms with Crippen molar-refractivity contribution in [3.05, 3.63) is 0 Å². The van der Waals surface area contributed by atoms with E-state index in [2.05, 4.69) is 20.5 Å². The molecule has 14 heavy (non-hydrogen) atoms. The van der Waals surface area contributed by atoms with E-state index in [0.29, 0.717) is 0 Å². The van der Waals surface area contributed by atoms with Gasteiger partial charge in [-0.3, -0.25) is 10.0 Å². The van der Waals surface area contributed by atoms with Crippen molar-refractivity contribution in [2.45, 2.75) is 38.5 Å². The molecule has 0 aliphatic carbocycles. The van der Waals surface area contributed by atoms with E-state index in [9.17, 15) is 0 Å². The Morgan fingerprint density at radius 2 is 0.857 bits per heavy atom. The Balaban J connectivity index is 2.00. The van der Waals surface area contributed by atoms with Crippen molar-refractivity contribution in [2.75, 3.05) is 26.2 Å². The van der Waals surface area contributed by atoms with Gasteiger partial charge in [-0.05, 0) is 38.5 Å². The van der Waals surface area contributed by atoms with E-state index >= 15 is 0 Å². The van der Waals surface area contributed by atoms with Crippen LogP contribution in [0.4, 0.5) is 0 Å². The van der Waals surface area contributed by atoms with Crippen molar-refractivity contribution in [3.8, 4) is 0 Å². The molecule has 0 aromatic carbocycles. The molecule has 0 fully saturated rings. The third-order valence-corrected chi connectivity index (χ3v) is 2.96. The SMILES string of the molecule is C1CCN2CCCCCN(CC1)N=N2. The zero-order chi connectivity index (χ0) is 9.64. The van der Waals surface area contributed by atoms with Crippen LogP contribution in [0, 0.1) is 0 Å². The van der Waals surface area contributed by atoms with Crippen molar-refractivity contribution in [1.29, 1.82) is 0 Å². The summed E-state index contributed by atoms with van der Waals surface area (Å²) in [6.45, 7) is 4.38. The van der Waals surface area contributed by atoms with Crippen LogP contribution >= 0.6 is 0 Å². The third-order valence-electron chi connectivity index (χ3n) is 2.96. The summed E-state index contributed by atoms with van der Waals surface area (Å²) in [7, 11) is 0. The van der Waals surface area contributed by atoms with Crippen LogP contribution in [0.1, 0.15) is 38.5 Å². The number of rotatable bonds is 0. The van der Waals surface area contributed by atoms with Crippen LogP contribution in [0.2, 0.25) is 0 Å². The van der Waals surface area contributed by atoms with Crippen LogP contribution in [0.25, 0.3) is 0 Å². The van der Waals surface area contributed by atoms with Gasteiger partial charge in [0.25, 0.3) is 0 Å². The second kappa shape index (κ2) is 5.17. The van der Waals surface area contributed by atoms with Crippen LogP contribution < -0.4 is 0 Å². The fraction of sp³-hybridized carbons (Fsp3) is 1.00. The molecular formula is C10H20N4. The Hall–Kier alpha value is -0.800. The van der Waals surface area contributed by atoms with Crippen molar-refractivity contribution >= 4 is 0 Å². The molecule has 2 bridgehead atoms. The average Bonchev–Trinajstić information content (AvgIpc) is 2.34. The highest BCUT2D eigenvalue weighted by Crippen LogP contribution is 2.12. The fourth-order valence-corrected chi connectivity index (χ4v) is 2.05. The second-order valence-electron chi connectivity index (χ2n) is 4.21. The summed E-state index contributed by atoms with van der Waals surface area (Å²) in [6.07, 6.45) is 7.72. The summed E-state index contributed by atoms with van der Waals surface area (Å²) in [5.74, 6) is 0. The first-order valence-corrected chi connectivity index (χ1v) is 5.86. The maximum absolute atomic E-state index is 4.31. The van der Waals surface area contributed by atoms with Gasteiger partial charge in [0.2, 0.25) is 0 Å². The Bertz CT molecular complexity index is 161. The summed E-state index contributed by atoms with van der Waals surface area (Å²) < 4.78 is 0. The Morgan fingerprint density at radius 3 is 1.21 bits per heavy atom. The van der Waals surface area contributed by atoms with Crippen LogP contribution in [-0.2, 0) is 0 Å². The first-order valence-electron chi connectivity index (χ1n) is 5.86. The summed E-state index contributed by atoms with van der Waals surface area (Å²) in [6, 6.07) is 0. The fourth-order valence-electron chi connectivity index (χ4n) is 2.05. The molecule has 0 radical (unpaired) electrons. The van der Waals surface area contributed by atoms with Crippen LogP contribution in [0.3, 0.4) is 0 Å². The summed E-state index contributed by atoms with van der Waals surface area (Å²) in [5, 5.41) is 12.9. The maximum atomic E-state index is 4.31. The summed E-state index contributed by atoms with van der Waals surface area (Å²) in [5.41, 5.74) is 0. The molecular weight excluding hydrogens is 176 g/mol. The molecule has 0 amide bonds. The smallest absolute Gasteiger partial charge is 0.0377 e. The van der Waals surface area contributed by atoms with Crippen LogP contribution in [0.15, 0.2) is 10.4 Å². The van der Waals surface area contributed by atoms with E-state index in [1.54, 1.807) is 0 Å².